The molecule has 25 heavy (non-hydrogen) atoms. The van der Waals surface area contributed by atoms with E-state index < -0.39 is 6.04 Å². The molecule has 0 aliphatic carbocycles. The number of hydrogen-bond donors (Lipinski definition) is 2. The van der Waals surface area contributed by atoms with Crippen LogP contribution >= 0.6 is 0 Å². The van der Waals surface area contributed by atoms with Gasteiger partial charge in [0.1, 0.15) is 6.04 Å². The van der Waals surface area contributed by atoms with Crippen LogP contribution in [0.5, 0.6) is 0 Å². The fourth-order valence-electron chi connectivity index (χ4n) is 3.02. The van der Waals surface area contributed by atoms with Gasteiger partial charge in [-0.15, -0.1) is 0 Å². The van der Waals surface area contributed by atoms with Gasteiger partial charge in [0.25, 0.3) is 5.91 Å². The second-order valence-electron chi connectivity index (χ2n) is 6.39. The lowest BCUT2D eigenvalue weighted by Crippen LogP contribution is -2.52. The monoisotopic (exact) mass is 337 g/mol. The lowest BCUT2D eigenvalue weighted by molar-refractivity contribution is -0.121. The van der Waals surface area contributed by atoms with E-state index in [-0.39, 0.29) is 11.8 Å². The Balaban J connectivity index is 1.70. The van der Waals surface area contributed by atoms with Gasteiger partial charge in [0.15, 0.2) is 0 Å². The summed E-state index contributed by atoms with van der Waals surface area (Å²) in [6.45, 7) is 3.13. The van der Waals surface area contributed by atoms with Crippen LogP contribution in [0.1, 0.15) is 34.3 Å². The first-order valence-electron chi connectivity index (χ1n) is 8.56. The van der Waals surface area contributed by atoms with Gasteiger partial charge in [-0.2, -0.15) is 0 Å². The molecule has 0 aromatic heterocycles. The van der Waals surface area contributed by atoms with E-state index in [0.717, 1.165) is 23.2 Å². The molecule has 2 amide bonds. The van der Waals surface area contributed by atoms with Crippen molar-refractivity contribution in [3.8, 4) is 0 Å². The molecule has 130 valence electrons. The number of hydrogen-bond acceptors (Lipinski definition) is 3. The molecule has 1 heterocycles. The quantitative estimate of drug-likeness (QED) is 0.899. The van der Waals surface area contributed by atoms with Crippen molar-refractivity contribution in [2.75, 3.05) is 11.4 Å². The molecule has 1 aliphatic rings. The second-order valence-corrected chi connectivity index (χ2v) is 6.39. The van der Waals surface area contributed by atoms with Gasteiger partial charge in [-0.3, -0.25) is 9.59 Å². The number of aryl methyl sites for hydroxylation is 1. The van der Waals surface area contributed by atoms with E-state index in [4.69, 9.17) is 5.73 Å². The summed E-state index contributed by atoms with van der Waals surface area (Å²) in [7, 11) is 0. The zero-order valence-electron chi connectivity index (χ0n) is 14.4. The van der Waals surface area contributed by atoms with Crippen molar-refractivity contribution < 1.29 is 9.59 Å². The highest BCUT2D eigenvalue weighted by Gasteiger charge is 2.30. The lowest BCUT2D eigenvalue weighted by Gasteiger charge is -2.32. The third-order valence-corrected chi connectivity index (χ3v) is 4.54. The number of carbonyl (C=O) groups is 2. The molecule has 3 rings (SSSR count). The predicted molar refractivity (Wildman–Crippen MR) is 98.4 cm³/mol. The first-order chi connectivity index (χ1) is 12.1. The van der Waals surface area contributed by atoms with E-state index in [1.54, 1.807) is 17.0 Å². The van der Waals surface area contributed by atoms with Gasteiger partial charge in [-0.05, 0) is 49.6 Å². The Morgan fingerprint density at radius 3 is 2.48 bits per heavy atom. The summed E-state index contributed by atoms with van der Waals surface area (Å²) >= 11 is 0. The number of amides is 2. The molecule has 0 saturated carbocycles. The van der Waals surface area contributed by atoms with Gasteiger partial charge in [0.05, 0.1) is 0 Å². The molecule has 1 fully saturated rings. The van der Waals surface area contributed by atoms with E-state index in [0.29, 0.717) is 25.1 Å². The highest BCUT2D eigenvalue weighted by atomic mass is 16.2. The molecule has 1 aliphatic heterocycles. The summed E-state index contributed by atoms with van der Waals surface area (Å²) in [6.07, 6.45) is 1.52. The van der Waals surface area contributed by atoms with E-state index in [2.05, 4.69) is 5.32 Å². The molecule has 5 heteroatoms. The largest absolute Gasteiger partial charge is 0.340 e. The maximum Gasteiger partial charge on any atom is 0.251 e. The van der Waals surface area contributed by atoms with Crippen LogP contribution in [0.4, 0.5) is 5.69 Å². The topological polar surface area (TPSA) is 75.4 Å². The van der Waals surface area contributed by atoms with Crippen molar-refractivity contribution in [3.05, 3.63) is 65.2 Å². The number of nitrogens with zero attached hydrogens (tertiary/aromatic N) is 1. The predicted octanol–water partition coefficient (Wildman–Crippen LogP) is 2.38. The van der Waals surface area contributed by atoms with Crippen LogP contribution in [-0.2, 0) is 11.3 Å². The van der Waals surface area contributed by atoms with Crippen LogP contribution in [0.2, 0.25) is 0 Å². The summed E-state index contributed by atoms with van der Waals surface area (Å²) in [6, 6.07) is 14.5. The summed E-state index contributed by atoms with van der Waals surface area (Å²) in [5, 5.41) is 2.87. The van der Waals surface area contributed by atoms with Crippen LogP contribution in [0, 0.1) is 6.92 Å². The minimum Gasteiger partial charge on any atom is -0.340 e. The fraction of sp³-hybridized carbons (Fsp3) is 0.300. The van der Waals surface area contributed by atoms with E-state index in [1.807, 2.05) is 43.3 Å². The molecule has 3 N–H and O–H groups in total. The summed E-state index contributed by atoms with van der Waals surface area (Å²) in [5.74, 6) is -0.283. The lowest BCUT2D eigenvalue weighted by atomic mass is 10.0. The van der Waals surface area contributed by atoms with Gasteiger partial charge in [-0.25, -0.2) is 0 Å². The molecule has 2 aromatic carbocycles. The zero-order chi connectivity index (χ0) is 17.8. The van der Waals surface area contributed by atoms with Crippen molar-refractivity contribution in [2.45, 2.75) is 32.4 Å². The molecule has 5 nitrogen and oxygen atoms in total. The van der Waals surface area contributed by atoms with Crippen LogP contribution in [0.25, 0.3) is 0 Å². The van der Waals surface area contributed by atoms with Crippen LogP contribution in [0.3, 0.4) is 0 Å². The molecule has 0 spiro atoms. The second kappa shape index (κ2) is 7.49. The fourth-order valence-corrected chi connectivity index (χ4v) is 3.02. The van der Waals surface area contributed by atoms with Crippen LogP contribution in [0.15, 0.2) is 48.5 Å². The standard InChI is InChI=1S/C20H23N3O2/c1-14-4-10-17(11-5-14)23-12-2-3-18(20(23)25)22-19(24)16-8-6-15(13-21)7-9-16/h4-11,18H,2-3,12-13,21H2,1H3,(H,22,24). The van der Waals surface area contributed by atoms with Crippen molar-refractivity contribution in [2.24, 2.45) is 5.73 Å². The molecular weight excluding hydrogens is 314 g/mol. The zero-order valence-corrected chi connectivity index (χ0v) is 14.4. The number of carbonyl (C=O) groups excluding carboxylic acids is 2. The van der Waals surface area contributed by atoms with E-state index >= 15 is 0 Å². The Hall–Kier alpha value is -2.66. The number of rotatable bonds is 4. The SMILES string of the molecule is Cc1ccc(N2CCCC(NC(=O)c3ccc(CN)cc3)C2=O)cc1. The van der Waals surface area contributed by atoms with Crippen LogP contribution in [-0.4, -0.2) is 24.4 Å². The molecule has 1 saturated heterocycles. The van der Waals surface area contributed by atoms with Gasteiger partial charge >= 0.3 is 0 Å². The first-order valence-corrected chi connectivity index (χ1v) is 8.56. The van der Waals surface area contributed by atoms with Gasteiger partial charge in [-0.1, -0.05) is 29.8 Å². The first kappa shape index (κ1) is 17.2. The Morgan fingerprint density at radius 1 is 1.16 bits per heavy atom. The molecular formula is C20H23N3O2. The van der Waals surface area contributed by atoms with Crippen molar-refractivity contribution in [3.63, 3.8) is 0 Å². The number of benzene rings is 2. The van der Waals surface area contributed by atoms with Crippen molar-refractivity contribution >= 4 is 17.5 Å². The minimum atomic E-state index is -0.489. The van der Waals surface area contributed by atoms with E-state index in [1.165, 1.54) is 0 Å². The summed E-state index contributed by atoms with van der Waals surface area (Å²) in [5.41, 5.74) is 9.11. The van der Waals surface area contributed by atoms with Gasteiger partial charge in [0, 0.05) is 24.3 Å². The number of nitrogens with one attached hydrogen (secondary N) is 1. The number of anilines is 1. The average Bonchev–Trinajstić information content (AvgIpc) is 2.64. The van der Waals surface area contributed by atoms with Crippen molar-refractivity contribution in [1.82, 2.24) is 5.32 Å². The molecule has 1 unspecified atom stereocenters. The normalized spacial score (nSPS) is 17.4. The Labute approximate surface area is 147 Å². The molecule has 0 bridgehead atoms. The van der Waals surface area contributed by atoms with Crippen molar-refractivity contribution in [1.29, 1.82) is 0 Å². The van der Waals surface area contributed by atoms with E-state index in [9.17, 15) is 9.59 Å². The summed E-state index contributed by atoms with van der Waals surface area (Å²) in [4.78, 5) is 27.0. The third kappa shape index (κ3) is 3.88. The number of piperidine rings is 1. The number of nitrogens with two attached hydrogens (primary N) is 1. The maximum absolute atomic E-state index is 12.8. The highest BCUT2D eigenvalue weighted by molar-refractivity contribution is 6.02. The smallest absolute Gasteiger partial charge is 0.251 e. The minimum absolute atomic E-state index is 0.0537. The van der Waals surface area contributed by atoms with Gasteiger partial charge in [0.2, 0.25) is 5.91 Å². The molecule has 0 radical (unpaired) electrons. The van der Waals surface area contributed by atoms with Crippen LogP contribution < -0.4 is 16.0 Å². The third-order valence-electron chi connectivity index (χ3n) is 4.54. The molecule has 1 atom stereocenters. The summed E-state index contributed by atoms with van der Waals surface area (Å²) < 4.78 is 0. The maximum atomic E-state index is 12.8. The molecule has 2 aromatic rings. The Kier molecular flexibility index (Phi) is 5.14. The van der Waals surface area contributed by atoms with Gasteiger partial charge < -0.3 is 16.0 Å². The Bertz CT molecular complexity index is 754. The Morgan fingerprint density at radius 2 is 1.84 bits per heavy atom. The highest BCUT2D eigenvalue weighted by Crippen LogP contribution is 2.22. The average molecular weight is 337 g/mol.